The first-order valence-electron chi connectivity index (χ1n) is 22.0. The molecule has 0 fully saturated rings. The highest BCUT2D eigenvalue weighted by Gasteiger charge is 2.19. The van der Waals surface area contributed by atoms with Gasteiger partial charge < -0.3 is 24.2 Å². The van der Waals surface area contributed by atoms with Crippen molar-refractivity contribution in [2.45, 2.75) is 59.3 Å². The minimum absolute atomic E-state index is 0.694. The van der Waals surface area contributed by atoms with Crippen molar-refractivity contribution in [3.63, 3.8) is 0 Å². The fourth-order valence-electron chi connectivity index (χ4n) is 7.95. The van der Waals surface area contributed by atoms with Gasteiger partial charge in [0.2, 0.25) is 0 Å². The van der Waals surface area contributed by atoms with Crippen molar-refractivity contribution in [1.82, 2.24) is 19.9 Å². The lowest BCUT2D eigenvalue weighted by Crippen LogP contribution is -1.96. The zero-order valence-electron chi connectivity index (χ0n) is 35.7. The molecule has 0 radical (unpaired) electrons. The van der Waals surface area contributed by atoms with Crippen LogP contribution < -0.4 is 14.2 Å². The Hall–Kier alpha value is -6.64. The zero-order valence-corrected chi connectivity index (χ0v) is 36.5. The molecule has 0 spiro atoms. The Morgan fingerprint density at radius 2 is 0.758 bits per heavy atom. The third kappa shape index (κ3) is 8.74. The van der Waals surface area contributed by atoms with Crippen molar-refractivity contribution in [3.8, 4) is 61.1 Å². The predicted molar refractivity (Wildman–Crippen MR) is 260 cm³/mol. The molecule has 7 nitrogen and oxygen atoms in total. The topological polar surface area (TPSA) is 85.1 Å². The number of nitrogens with one attached hydrogen (secondary N) is 2. The van der Waals surface area contributed by atoms with Crippen LogP contribution in [0, 0.1) is 0 Å². The van der Waals surface area contributed by atoms with E-state index in [1.54, 1.807) is 11.3 Å². The first-order valence-corrected chi connectivity index (χ1v) is 22.9. The van der Waals surface area contributed by atoms with Gasteiger partial charge in [-0.25, -0.2) is 9.97 Å². The molecule has 0 saturated carbocycles. The number of aromatic nitrogens is 4. The Labute approximate surface area is 367 Å². The van der Waals surface area contributed by atoms with E-state index in [9.17, 15) is 0 Å². The number of nitrogens with zero attached hydrogens (tertiary/aromatic N) is 2. The number of hydrogen-bond donors (Lipinski definition) is 2. The first-order chi connectivity index (χ1) is 30.6. The van der Waals surface area contributed by atoms with Gasteiger partial charge in [0.15, 0.2) is 0 Å². The molecule has 0 aliphatic carbocycles. The number of fused-ring (bicyclic) bond motifs is 8. The molecule has 7 aromatic rings. The molecule has 0 unspecified atom stereocenters. The Morgan fingerprint density at radius 3 is 1.08 bits per heavy atom. The summed E-state index contributed by atoms with van der Waals surface area (Å²) in [6, 6.07) is 38.1. The van der Waals surface area contributed by atoms with Crippen molar-refractivity contribution in [3.05, 3.63) is 137 Å². The molecular formula is C54H52N4O3S. The van der Waals surface area contributed by atoms with Gasteiger partial charge in [-0.15, -0.1) is 11.3 Å². The Kier molecular flexibility index (Phi) is 12.5. The molecule has 312 valence electrons. The van der Waals surface area contributed by atoms with Crippen LogP contribution in [0.5, 0.6) is 17.2 Å². The van der Waals surface area contributed by atoms with Crippen LogP contribution in [0.4, 0.5) is 0 Å². The number of benzene rings is 3. The lowest BCUT2D eigenvalue weighted by atomic mass is 10.0. The molecule has 62 heavy (non-hydrogen) atoms. The number of thiophene rings is 1. The standard InChI is InChI=1S/C54H52N4O3S/c1-4-7-32-59-39-18-12-36(13-19-39)51-42-24-26-44(55-42)52(37-14-20-40(21-15-37)60-33-8-5-2)46-28-30-48(57-46)54(50-11-10-35-62-50)49-31-29-47(58-49)53(45-27-25-43(51)56-45)38-16-22-41(23-17-38)61-34-9-6-3/h10-31,35,55,58H,4-9,32-34H2,1-3H3. The van der Waals surface area contributed by atoms with Crippen molar-refractivity contribution in [2.75, 3.05) is 19.8 Å². The summed E-state index contributed by atoms with van der Waals surface area (Å²) in [4.78, 5) is 19.8. The van der Waals surface area contributed by atoms with Gasteiger partial charge >= 0.3 is 0 Å². The molecule has 0 saturated heterocycles. The molecule has 6 heterocycles. The maximum atomic E-state index is 6.09. The van der Waals surface area contributed by atoms with E-state index in [1.807, 2.05) is 0 Å². The smallest absolute Gasteiger partial charge is 0.119 e. The van der Waals surface area contributed by atoms with Gasteiger partial charge in [0.1, 0.15) is 17.2 Å². The fourth-order valence-corrected chi connectivity index (χ4v) is 8.75. The van der Waals surface area contributed by atoms with Gasteiger partial charge in [-0.3, -0.25) is 0 Å². The normalized spacial score (nSPS) is 11.9. The SMILES string of the molecule is CCCCOc1ccc(-c2c3nc(c(-c4ccc(OCCCC)cc4)c4ccc([nH]4)c(-c4cccs4)c4nc(c(-c5ccc(OCCCC)cc5)c5ccc2[nH]5)C=C4)C=C3)cc1. The van der Waals surface area contributed by atoms with Crippen LogP contribution in [0.2, 0.25) is 0 Å². The fraction of sp³-hybridized carbons (Fsp3) is 0.222. The lowest BCUT2D eigenvalue weighted by molar-refractivity contribution is 0.309. The summed E-state index contributed by atoms with van der Waals surface area (Å²) in [5, 5.41) is 2.12. The number of H-pyrrole nitrogens is 2. The summed E-state index contributed by atoms with van der Waals surface area (Å²) < 4.78 is 18.3. The van der Waals surface area contributed by atoms with Crippen LogP contribution in [0.1, 0.15) is 82.1 Å². The average molecular weight is 837 g/mol. The summed E-state index contributed by atoms with van der Waals surface area (Å²) >= 11 is 1.71. The first kappa shape index (κ1) is 40.7. The van der Waals surface area contributed by atoms with Crippen LogP contribution >= 0.6 is 11.3 Å². The third-order valence-electron chi connectivity index (χ3n) is 11.3. The van der Waals surface area contributed by atoms with E-state index in [0.717, 1.165) is 144 Å². The van der Waals surface area contributed by atoms with E-state index in [1.165, 1.54) is 0 Å². The Bertz CT molecular complexity index is 2820. The van der Waals surface area contributed by atoms with Gasteiger partial charge in [0.25, 0.3) is 0 Å². The quantitative estimate of drug-likeness (QED) is 0.0947. The van der Waals surface area contributed by atoms with Crippen LogP contribution in [0.25, 0.3) is 90.2 Å². The second-order valence-electron chi connectivity index (χ2n) is 15.7. The van der Waals surface area contributed by atoms with E-state index in [-0.39, 0.29) is 0 Å². The van der Waals surface area contributed by atoms with Crippen molar-refractivity contribution in [1.29, 1.82) is 0 Å². The predicted octanol–water partition coefficient (Wildman–Crippen LogP) is 14.9. The van der Waals surface area contributed by atoms with Crippen LogP contribution in [0.15, 0.2) is 115 Å². The van der Waals surface area contributed by atoms with Crippen LogP contribution in [-0.4, -0.2) is 39.8 Å². The largest absolute Gasteiger partial charge is 0.494 e. The number of unbranched alkanes of at least 4 members (excludes halogenated alkanes) is 3. The van der Waals surface area contributed by atoms with Crippen molar-refractivity contribution < 1.29 is 14.2 Å². The monoisotopic (exact) mass is 836 g/mol. The summed E-state index contributed by atoms with van der Waals surface area (Å²) in [5.41, 5.74) is 14.5. The molecule has 3 aromatic carbocycles. The summed E-state index contributed by atoms with van der Waals surface area (Å²) in [5.74, 6) is 2.58. The van der Waals surface area contributed by atoms with Gasteiger partial charge in [-0.2, -0.15) is 0 Å². The molecule has 9 rings (SSSR count). The number of ether oxygens (including phenoxy) is 3. The van der Waals surface area contributed by atoms with Gasteiger partial charge in [0, 0.05) is 49.2 Å². The highest BCUT2D eigenvalue weighted by Crippen LogP contribution is 2.40. The summed E-state index contributed by atoms with van der Waals surface area (Å²) in [7, 11) is 0. The van der Waals surface area contributed by atoms with Crippen molar-refractivity contribution >= 4 is 57.7 Å². The molecular weight excluding hydrogens is 785 g/mol. The van der Waals surface area contributed by atoms with Gasteiger partial charge in [-0.1, -0.05) is 82.5 Å². The highest BCUT2D eigenvalue weighted by molar-refractivity contribution is 7.13. The summed E-state index contributed by atoms with van der Waals surface area (Å²) in [6.45, 7) is 8.62. The second-order valence-corrected chi connectivity index (χ2v) is 16.6. The highest BCUT2D eigenvalue weighted by atomic mass is 32.1. The molecule has 2 aliphatic heterocycles. The van der Waals surface area contributed by atoms with Crippen LogP contribution in [-0.2, 0) is 0 Å². The minimum atomic E-state index is 0.694. The molecule has 0 amide bonds. The van der Waals surface area contributed by atoms with Gasteiger partial charge in [0.05, 0.1) is 42.6 Å². The molecule has 4 aromatic heterocycles. The van der Waals surface area contributed by atoms with Crippen molar-refractivity contribution in [2.24, 2.45) is 0 Å². The maximum absolute atomic E-state index is 6.09. The third-order valence-corrected chi connectivity index (χ3v) is 12.1. The molecule has 0 atom stereocenters. The lowest BCUT2D eigenvalue weighted by Gasteiger charge is -2.09. The van der Waals surface area contributed by atoms with Gasteiger partial charge in [-0.05, 0) is 132 Å². The van der Waals surface area contributed by atoms with E-state index >= 15 is 0 Å². The number of aromatic amines is 2. The van der Waals surface area contributed by atoms with Crippen LogP contribution in [0.3, 0.4) is 0 Å². The number of hydrogen-bond acceptors (Lipinski definition) is 6. The molecule has 8 bridgehead atoms. The zero-order chi connectivity index (χ0) is 42.3. The van der Waals surface area contributed by atoms with E-state index < -0.39 is 0 Å². The number of rotatable bonds is 16. The average Bonchev–Trinajstić information content (AvgIpc) is 4.17. The summed E-state index contributed by atoms with van der Waals surface area (Å²) in [6.07, 6.45) is 14.9. The second kappa shape index (κ2) is 19.0. The van der Waals surface area contributed by atoms with E-state index in [0.29, 0.717) is 19.8 Å². The molecule has 2 N–H and O–H groups in total. The minimum Gasteiger partial charge on any atom is -0.494 e. The van der Waals surface area contributed by atoms with E-state index in [2.05, 4.69) is 170 Å². The Morgan fingerprint density at radius 1 is 0.419 bits per heavy atom. The molecule has 8 heteroatoms. The maximum Gasteiger partial charge on any atom is 0.119 e. The Balaban J connectivity index is 1.32. The van der Waals surface area contributed by atoms with E-state index in [4.69, 9.17) is 24.2 Å². The molecule has 2 aliphatic rings.